The number of nitrogens with zero attached hydrogens (tertiary/aromatic N) is 2. The summed E-state index contributed by atoms with van der Waals surface area (Å²) < 4.78 is 1.82. The van der Waals surface area contributed by atoms with Crippen molar-refractivity contribution in [1.29, 1.82) is 0 Å². The number of pyridine rings is 1. The predicted molar refractivity (Wildman–Crippen MR) is 112 cm³/mol. The summed E-state index contributed by atoms with van der Waals surface area (Å²) in [5.41, 5.74) is 4.31. The van der Waals surface area contributed by atoms with Crippen LogP contribution in [-0.2, 0) is 11.3 Å². The van der Waals surface area contributed by atoms with E-state index in [1.165, 1.54) is 5.56 Å². The lowest BCUT2D eigenvalue weighted by Gasteiger charge is -2.26. The average Bonchev–Trinajstić information content (AvgIpc) is 3.49. The molecule has 2 heterocycles. The molecule has 142 valence electrons. The van der Waals surface area contributed by atoms with Crippen LogP contribution < -0.4 is 10.5 Å². The summed E-state index contributed by atoms with van der Waals surface area (Å²) in [6, 6.07) is 18.3. The number of aromatic nitrogens is 1. The van der Waals surface area contributed by atoms with Crippen LogP contribution in [0.3, 0.4) is 0 Å². The first kappa shape index (κ1) is 17.2. The summed E-state index contributed by atoms with van der Waals surface area (Å²) in [6.07, 6.45) is 3.70. The van der Waals surface area contributed by atoms with Gasteiger partial charge >= 0.3 is 0 Å². The number of hydrogen-bond acceptors (Lipinski definition) is 2. The van der Waals surface area contributed by atoms with E-state index in [-0.39, 0.29) is 17.5 Å². The van der Waals surface area contributed by atoms with E-state index in [2.05, 4.69) is 18.2 Å². The minimum absolute atomic E-state index is 0.0732. The monoisotopic (exact) mass is 372 g/mol. The van der Waals surface area contributed by atoms with Crippen LogP contribution in [0.2, 0.25) is 0 Å². The van der Waals surface area contributed by atoms with Crippen LogP contribution in [-0.4, -0.2) is 10.5 Å². The molecule has 0 unspecified atom stereocenters. The molecule has 2 aromatic carbocycles. The Kier molecular flexibility index (Phi) is 4.08. The Hall–Kier alpha value is -2.88. The van der Waals surface area contributed by atoms with E-state index in [1.807, 2.05) is 52.8 Å². The quantitative estimate of drug-likeness (QED) is 0.662. The highest BCUT2D eigenvalue weighted by Crippen LogP contribution is 2.44. The summed E-state index contributed by atoms with van der Waals surface area (Å²) in [6.45, 7) is 2.65. The summed E-state index contributed by atoms with van der Waals surface area (Å²) in [7, 11) is 0. The number of anilines is 1. The molecule has 1 saturated carbocycles. The Labute approximate surface area is 164 Å². The summed E-state index contributed by atoms with van der Waals surface area (Å²) in [5, 5.41) is 1.12. The molecule has 1 amide bonds. The molecule has 3 aromatic rings. The van der Waals surface area contributed by atoms with Gasteiger partial charge < -0.3 is 9.47 Å². The minimum atomic E-state index is 0.0732. The highest BCUT2D eigenvalue weighted by atomic mass is 16.2. The van der Waals surface area contributed by atoms with Crippen molar-refractivity contribution in [1.82, 2.24) is 4.57 Å². The Balaban J connectivity index is 1.66. The maximum absolute atomic E-state index is 12.8. The van der Waals surface area contributed by atoms with E-state index in [0.29, 0.717) is 18.9 Å². The Morgan fingerprint density at radius 3 is 2.46 bits per heavy atom. The Morgan fingerprint density at radius 2 is 1.75 bits per heavy atom. The van der Waals surface area contributed by atoms with E-state index in [0.717, 1.165) is 41.4 Å². The molecule has 0 N–H and O–H groups in total. The van der Waals surface area contributed by atoms with Crippen molar-refractivity contribution in [3.63, 3.8) is 0 Å². The fraction of sp³-hybridized carbons (Fsp3) is 0.333. The molecule has 5 rings (SSSR count). The lowest BCUT2D eigenvalue weighted by molar-refractivity contribution is -0.117. The van der Waals surface area contributed by atoms with Crippen molar-refractivity contribution in [2.24, 2.45) is 0 Å². The van der Waals surface area contributed by atoms with Crippen molar-refractivity contribution in [2.75, 3.05) is 4.90 Å². The van der Waals surface area contributed by atoms with Gasteiger partial charge in [0.1, 0.15) is 0 Å². The number of amides is 1. The van der Waals surface area contributed by atoms with Crippen LogP contribution in [0.5, 0.6) is 0 Å². The number of hydrogen-bond donors (Lipinski definition) is 0. The van der Waals surface area contributed by atoms with Crippen molar-refractivity contribution in [3.05, 3.63) is 76.1 Å². The second-order valence-electron chi connectivity index (χ2n) is 7.89. The zero-order chi connectivity index (χ0) is 19.3. The van der Waals surface area contributed by atoms with Gasteiger partial charge in [-0.25, -0.2) is 0 Å². The predicted octanol–water partition coefficient (Wildman–Crippen LogP) is 4.77. The van der Waals surface area contributed by atoms with Crippen LogP contribution in [0.15, 0.2) is 59.4 Å². The molecule has 28 heavy (non-hydrogen) atoms. The maximum Gasteiger partial charge on any atom is 0.251 e. The van der Waals surface area contributed by atoms with Crippen molar-refractivity contribution < 1.29 is 4.79 Å². The molecule has 0 bridgehead atoms. The van der Waals surface area contributed by atoms with E-state index in [4.69, 9.17) is 0 Å². The first-order chi connectivity index (χ1) is 13.7. The largest absolute Gasteiger partial charge is 0.309 e. The van der Waals surface area contributed by atoms with E-state index >= 15 is 0 Å². The van der Waals surface area contributed by atoms with Crippen molar-refractivity contribution in [3.8, 4) is 0 Å². The fourth-order valence-corrected chi connectivity index (χ4v) is 4.60. The molecule has 1 saturated heterocycles. The molecule has 1 aliphatic heterocycles. The smallest absolute Gasteiger partial charge is 0.251 e. The topological polar surface area (TPSA) is 42.3 Å². The lowest BCUT2D eigenvalue weighted by atomic mass is 10.0. The molecule has 1 aliphatic carbocycles. The molecule has 0 spiro atoms. The summed E-state index contributed by atoms with van der Waals surface area (Å²) in [5.74, 6) is 0.654. The molecule has 4 heteroatoms. The van der Waals surface area contributed by atoms with Gasteiger partial charge in [-0.3, -0.25) is 9.59 Å². The number of fused-ring (bicyclic) bond motifs is 1. The molecule has 1 aromatic heterocycles. The SMILES string of the molecule is CCn1c(=O)cc(C2CC2)c2cc(N3C(=O)CC[C@H]3c3ccccc3)ccc21. The van der Waals surface area contributed by atoms with Gasteiger partial charge in [0.15, 0.2) is 0 Å². The zero-order valence-electron chi connectivity index (χ0n) is 16.1. The second-order valence-corrected chi connectivity index (χ2v) is 7.89. The average molecular weight is 372 g/mol. The van der Waals surface area contributed by atoms with Gasteiger partial charge in [-0.2, -0.15) is 0 Å². The first-order valence-corrected chi connectivity index (χ1v) is 10.2. The van der Waals surface area contributed by atoms with E-state index in [1.54, 1.807) is 0 Å². The fourth-order valence-electron chi connectivity index (χ4n) is 4.60. The zero-order valence-corrected chi connectivity index (χ0v) is 16.1. The third kappa shape index (κ3) is 2.75. The molecule has 2 fully saturated rings. The van der Waals surface area contributed by atoms with E-state index in [9.17, 15) is 9.59 Å². The van der Waals surface area contributed by atoms with Gasteiger partial charge in [-0.1, -0.05) is 30.3 Å². The molecule has 0 radical (unpaired) electrons. The van der Waals surface area contributed by atoms with Crippen molar-refractivity contribution in [2.45, 2.75) is 51.1 Å². The van der Waals surface area contributed by atoms with Crippen LogP contribution in [0.25, 0.3) is 10.9 Å². The number of benzene rings is 2. The number of carbonyl (C=O) groups excluding carboxylic acids is 1. The van der Waals surface area contributed by atoms with Gasteiger partial charge in [0.05, 0.1) is 11.6 Å². The number of aryl methyl sites for hydroxylation is 1. The van der Waals surface area contributed by atoms with Crippen LogP contribution in [0, 0.1) is 0 Å². The summed E-state index contributed by atoms with van der Waals surface area (Å²) >= 11 is 0. The normalized spacial score (nSPS) is 19.5. The first-order valence-electron chi connectivity index (χ1n) is 10.2. The number of carbonyl (C=O) groups is 1. The molecule has 2 aliphatic rings. The van der Waals surface area contributed by atoms with E-state index < -0.39 is 0 Å². The van der Waals surface area contributed by atoms with Gasteiger partial charge in [0.2, 0.25) is 5.91 Å². The van der Waals surface area contributed by atoms with Crippen LogP contribution in [0.1, 0.15) is 55.7 Å². The third-order valence-corrected chi connectivity index (χ3v) is 6.13. The van der Waals surface area contributed by atoms with Gasteiger partial charge in [-0.15, -0.1) is 0 Å². The molecule has 1 atom stereocenters. The van der Waals surface area contributed by atoms with Crippen LogP contribution in [0.4, 0.5) is 5.69 Å². The third-order valence-electron chi connectivity index (χ3n) is 6.13. The maximum atomic E-state index is 12.8. The Bertz CT molecular complexity index is 1110. The minimum Gasteiger partial charge on any atom is -0.309 e. The number of rotatable bonds is 4. The second kappa shape index (κ2) is 6.62. The highest BCUT2D eigenvalue weighted by molar-refractivity contribution is 5.99. The van der Waals surface area contributed by atoms with Gasteiger partial charge in [0, 0.05) is 30.1 Å². The molecular weight excluding hydrogens is 348 g/mol. The standard InChI is InChI=1S/C24H24N2O2/c1-2-25-22-11-10-18(14-20(22)19(15-24(25)28)16-8-9-16)26-21(12-13-23(26)27)17-6-4-3-5-7-17/h3-7,10-11,14-16,21H,2,8-9,12-13H2,1H3/t21-/m0/s1. The summed E-state index contributed by atoms with van der Waals surface area (Å²) in [4.78, 5) is 27.3. The Morgan fingerprint density at radius 1 is 0.964 bits per heavy atom. The van der Waals surface area contributed by atoms with Crippen LogP contribution >= 0.6 is 0 Å². The molecular formula is C24H24N2O2. The van der Waals surface area contributed by atoms with Crippen molar-refractivity contribution >= 4 is 22.5 Å². The lowest BCUT2D eigenvalue weighted by Crippen LogP contribution is -2.27. The van der Waals surface area contributed by atoms with Gasteiger partial charge in [-0.05, 0) is 61.4 Å². The molecule has 4 nitrogen and oxygen atoms in total. The van der Waals surface area contributed by atoms with Gasteiger partial charge in [0.25, 0.3) is 5.56 Å². The highest BCUT2D eigenvalue weighted by Gasteiger charge is 2.34.